The summed E-state index contributed by atoms with van der Waals surface area (Å²) in [7, 11) is 1.38. The lowest BCUT2D eigenvalue weighted by Gasteiger charge is -2.55. The molecule has 1 saturated carbocycles. The van der Waals surface area contributed by atoms with Crippen LogP contribution in [0.2, 0.25) is 5.02 Å². The van der Waals surface area contributed by atoms with Crippen molar-refractivity contribution in [2.45, 2.75) is 89.8 Å². The Morgan fingerprint density at radius 1 is 1.04 bits per heavy atom. The van der Waals surface area contributed by atoms with E-state index < -0.39 is 28.0 Å². The first-order valence-corrected chi connectivity index (χ1v) is 17.3. The number of pyridine rings is 2. The molecule has 10 nitrogen and oxygen atoms in total. The van der Waals surface area contributed by atoms with Crippen molar-refractivity contribution in [1.82, 2.24) is 29.7 Å². The molecular formula is C36H41ClF2N8O2. The number of carbonyl (C=O) groups excluding carboxylic acids is 2. The first-order chi connectivity index (χ1) is 23.2. The highest BCUT2D eigenvalue weighted by molar-refractivity contribution is 6.34. The maximum absolute atomic E-state index is 15.3. The summed E-state index contributed by atoms with van der Waals surface area (Å²) in [6.07, 6.45) is 8.85. The van der Waals surface area contributed by atoms with E-state index in [1.807, 2.05) is 49.3 Å². The Kier molecular flexibility index (Phi) is 8.17. The van der Waals surface area contributed by atoms with Gasteiger partial charge < -0.3 is 20.1 Å². The molecule has 3 aliphatic rings. The van der Waals surface area contributed by atoms with E-state index in [2.05, 4.69) is 27.4 Å². The third-order valence-corrected chi connectivity index (χ3v) is 11.0. The van der Waals surface area contributed by atoms with Gasteiger partial charge in [-0.3, -0.25) is 19.5 Å². The first kappa shape index (κ1) is 33.3. The lowest BCUT2D eigenvalue weighted by atomic mass is 9.71. The number of nitrogens with one attached hydrogen (secondary N) is 2. The monoisotopic (exact) mass is 690 g/mol. The van der Waals surface area contributed by atoms with Crippen molar-refractivity contribution in [3.05, 3.63) is 58.6 Å². The zero-order valence-corrected chi connectivity index (χ0v) is 29.4. The number of carbonyl (C=O) groups is 2. The molecule has 1 saturated heterocycles. The number of imidazole rings is 1. The van der Waals surface area contributed by atoms with Gasteiger partial charge in [-0.2, -0.15) is 0 Å². The van der Waals surface area contributed by atoms with Crippen LogP contribution in [0.1, 0.15) is 88.8 Å². The molecule has 0 atom stereocenters. The highest BCUT2D eigenvalue weighted by atomic mass is 35.5. The largest absolute Gasteiger partial charge is 0.355 e. The summed E-state index contributed by atoms with van der Waals surface area (Å²) >= 11 is 6.01. The van der Waals surface area contributed by atoms with Crippen molar-refractivity contribution in [1.29, 1.82) is 0 Å². The van der Waals surface area contributed by atoms with Gasteiger partial charge in [0.25, 0.3) is 5.91 Å². The Balaban J connectivity index is 1.30. The zero-order chi connectivity index (χ0) is 35.0. The quantitative estimate of drug-likeness (QED) is 0.199. The Hall–Kier alpha value is -4.16. The third kappa shape index (κ3) is 5.34. The van der Waals surface area contributed by atoms with Gasteiger partial charge in [0, 0.05) is 36.4 Å². The molecule has 0 bridgehead atoms. The standard InChI is InChI=1S/C36H41ClF2N8O2/c1-19(2)46-18-42-25-14-23(43-32(30(25)46)44-24-13-22(33(48)40-6)27(37)29(39)28(24)38)20-12-26-31(41-17-20)35(3,4)34(49)47(26)21-15-36(5,16-21)45-10-8-7-9-11-45/h12-14,17-19,21H,7-11,15-16H2,1-6H3,(H,40,48)(H,43,44)/t21-,36+. The number of hydrogen-bond acceptors (Lipinski definition) is 7. The van der Waals surface area contributed by atoms with Gasteiger partial charge in [-0.1, -0.05) is 18.0 Å². The molecular weight excluding hydrogens is 650 g/mol. The molecule has 2 N–H and O–H groups in total. The lowest BCUT2D eigenvalue weighted by molar-refractivity contribution is -0.123. The smallest absolute Gasteiger partial charge is 0.252 e. The molecule has 49 heavy (non-hydrogen) atoms. The number of anilines is 3. The summed E-state index contributed by atoms with van der Waals surface area (Å²) in [4.78, 5) is 45.3. The number of nitrogens with zero attached hydrogens (tertiary/aromatic N) is 6. The highest BCUT2D eigenvalue weighted by Crippen LogP contribution is 2.50. The Bertz CT molecular complexity index is 2000. The molecule has 0 unspecified atom stereocenters. The lowest BCUT2D eigenvalue weighted by Crippen LogP contribution is -2.64. The van der Waals surface area contributed by atoms with Crippen LogP contribution in [-0.4, -0.2) is 68.0 Å². The molecule has 5 heterocycles. The van der Waals surface area contributed by atoms with Gasteiger partial charge in [0.05, 0.1) is 50.6 Å². The van der Waals surface area contributed by atoms with Crippen LogP contribution in [0.3, 0.4) is 0 Å². The normalized spacial score (nSPS) is 22.0. The van der Waals surface area contributed by atoms with E-state index in [1.165, 1.54) is 26.3 Å². The van der Waals surface area contributed by atoms with Gasteiger partial charge in [0.2, 0.25) is 5.91 Å². The second-order valence-corrected chi connectivity index (χ2v) is 15.0. The van der Waals surface area contributed by atoms with Crippen LogP contribution in [0.25, 0.3) is 22.3 Å². The highest BCUT2D eigenvalue weighted by Gasteiger charge is 2.54. The van der Waals surface area contributed by atoms with Crippen LogP contribution in [0.5, 0.6) is 0 Å². The van der Waals surface area contributed by atoms with Crippen molar-refractivity contribution in [2.75, 3.05) is 30.4 Å². The number of halogens is 3. The van der Waals surface area contributed by atoms with Crippen molar-refractivity contribution in [3.8, 4) is 11.3 Å². The average molecular weight is 691 g/mol. The minimum Gasteiger partial charge on any atom is -0.355 e. The van der Waals surface area contributed by atoms with Crippen LogP contribution in [0.15, 0.2) is 30.7 Å². The van der Waals surface area contributed by atoms with Crippen LogP contribution in [0, 0.1) is 11.6 Å². The van der Waals surface area contributed by atoms with Crippen molar-refractivity contribution < 1.29 is 18.4 Å². The maximum Gasteiger partial charge on any atom is 0.252 e. The van der Waals surface area contributed by atoms with Gasteiger partial charge in [-0.25, -0.2) is 18.7 Å². The average Bonchev–Trinajstić information content (AvgIpc) is 3.60. The molecule has 2 aliphatic heterocycles. The van der Waals surface area contributed by atoms with Crippen LogP contribution < -0.4 is 15.5 Å². The summed E-state index contributed by atoms with van der Waals surface area (Å²) in [5, 5.41) is 4.72. The number of likely N-dealkylation sites (tertiary alicyclic amines) is 1. The van der Waals surface area contributed by atoms with Gasteiger partial charge >= 0.3 is 0 Å². The maximum atomic E-state index is 15.3. The predicted molar refractivity (Wildman–Crippen MR) is 187 cm³/mol. The van der Waals surface area contributed by atoms with Crippen molar-refractivity contribution in [3.63, 3.8) is 0 Å². The second-order valence-electron chi connectivity index (χ2n) is 14.6. The molecule has 0 radical (unpaired) electrons. The summed E-state index contributed by atoms with van der Waals surface area (Å²) in [5.74, 6) is -3.03. The number of amides is 2. The van der Waals surface area contributed by atoms with Gasteiger partial charge in [-0.05, 0) is 91.6 Å². The first-order valence-electron chi connectivity index (χ1n) is 16.9. The van der Waals surface area contributed by atoms with Crippen molar-refractivity contribution in [2.24, 2.45) is 0 Å². The molecule has 1 aromatic carbocycles. The molecule has 0 spiro atoms. The summed E-state index contributed by atoms with van der Waals surface area (Å²) in [6, 6.07) is 4.96. The van der Waals surface area contributed by atoms with E-state index in [4.69, 9.17) is 21.6 Å². The number of benzene rings is 1. The Morgan fingerprint density at radius 2 is 1.76 bits per heavy atom. The van der Waals surface area contributed by atoms with E-state index in [0.717, 1.165) is 43.4 Å². The minimum atomic E-state index is -1.35. The van der Waals surface area contributed by atoms with Gasteiger partial charge in [0.1, 0.15) is 5.52 Å². The fraction of sp³-hybridized carbons (Fsp3) is 0.472. The predicted octanol–water partition coefficient (Wildman–Crippen LogP) is 7.14. The topological polar surface area (TPSA) is 108 Å². The molecule has 2 amide bonds. The summed E-state index contributed by atoms with van der Waals surface area (Å²) in [6.45, 7) is 12.3. The number of hydrogen-bond donors (Lipinski definition) is 2. The van der Waals surface area contributed by atoms with Crippen molar-refractivity contribution >= 4 is 51.6 Å². The van der Waals surface area contributed by atoms with Crippen LogP contribution in [0.4, 0.5) is 26.0 Å². The summed E-state index contributed by atoms with van der Waals surface area (Å²) < 4.78 is 32.2. The fourth-order valence-electron chi connectivity index (χ4n) is 7.77. The fourth-order valence-corrected chi connectivity index (χ4v) is 7.99. The minimum absolute atomic E-state index is 0.0337. The molecule has 258 valence electrons. The third-order valence-electron chi connectivity index (χ3n) is 10.6. The second kappa shape index (κ2) is 12.0. The Morgan fingerprint density at radius 3 is 2.43 bits per heavy atom. The van der Waals surface area contributed by atoms with E-state index in [9.17, 15) is 14.0 Å². The van der Waals surface area contributed by atoms with E-state index in [-0.39, 0.29) is 40.6 Å². The van der Waals surface area contributed by atoms with Crippen LogP contribution in [-0.2, 0) is 10.2 Å². The van der Waals surface area contributed by atoms with Gasteiger partial charge in [-0.15, -0.1) is 0 Å². The number of fused-ring (bicyclic) bond motifs is 2. The van der Waals surface area contributed by atoms with E-state index in [1.54, 1.807) is 12.5 Å². The molecule has 4 aromatic rings. The van der Waals surface area contributed by atoms with E-state index >= 15 is 4.39 Å². The zero-order valence-electron chi connectivity index (χ0n) is 28.6. The van der Waals surface area contributed by atoms with Gasteiger partial charge in [0.15, 0.2) is 17.5 Å². The number of rotatable bonds is 7. The molecule has 2 fully saturated rings. The number of aromatic nitrogens is 4. The SMILES string of the molecule is CNC(=O)c1cc(Nc2nc(-c3cnc4c(c3)N([C@H]3C[C@@](C)(N5CCCCC5)C3)C(=O)C4(C)C)cc3ncn(C(C)C)c23)c(F)c(F)c1Cl. The molecule has 1 aliphatic carbocycles. The summed E-state index contributed by atoms with van der Waals surface area (Å²) in [5.41, 5.74) is 2.48. The molecule has 7 rings (SSSR count). The Labute approximate surface area is 289 Å². The number of piperidine rings is 1. The van der Waals surface area contributed by atoms with E-state index in [0.29, 0.717) is 22.3 Å². The van der Waals surface area contributed by atoms with Crippen LogP contribution >= 0.6 is 11.6 Å². The molecule has 13 heteroatoms. The molecule has 3 aromatic heterocycles.